The molecule has 7 heteroatoms. The van der Waals surface area contributed by atoms with Gasteiger partial charge in [-0.2, -0.15) is 0 Å². The third-order valence-electron chi connectivity index (χ3n) is 3.23. The molecule has 2 rings (SSSR count). The van der Waals surface area contributed by atoms with E-state index >= 15 is 0 Å². The van der Waals surface area contributed by atoms with Crippen molar-refractivity contribution in [3.8, 4) is 11.5 Å². The summed E-state index contributed by atoms with van der Waals surface area (Å²) < 4.78 is 10.2. The van der Waals surface area contributed by atoms with Crippen LogP contribution in [0.4, 0.5) is 11.4 Å². The van der Waals surface area contributed by atoms with Gasteiger partial charge in [0.05, 0.1) is 25.2 Å². The van der Waals surface area contributed by atoms with Crippen LogP contribution in [0.5, 0.6) is 11.5 Å². The Kier molecular flexibility index (Phi) is 3.75. The Morgan fingerprint density at radius 3 is 2.37 bits per heavy atom. The number of hydrogen-bond acceptors (Lipinski definition) is 6. The molecule has 0 aromatic heterocycles. The van der Waals surface area contributed by atoms with E-state index < -0.39 is 4.92 Å². The molecule has 0 spiro atoms. The van der Waals surface area contributed by atoms with Crippen LogP contribution in [0.15, 0.2) is 12.1 Å². The minimum Gasteiger partial charge on any atom is -0.493 e. The van der Waals surface area contributed by atoms with Gasteiger partial charge in [-0.3, -0.25) is 10.1 Å². The second kappa shape index (κ2) is 5.31. The normalized spacial score (nSPS) is 21.4. The molecule has 0 unspecified atom stereocenters. The van der Waals surface area contributed by atoms with Crippen molar-refractivity contribution in [1.82, 2.24) is 0 Å². The lowest BCUT2D eigenvalue weighted by Crippen LogP contribution is -2.44. The number of methoxy groups -OCH3 is 2. The van der Waals surface area contributed by atoms with Gasteiger partial charge in [0, 0.05) is 18.2 Å². The van der Waals surface area contributed by atoms with Crippen LogP contribution in [-0.2, 0) is 0 Å². The smallest absolute Gasteiger partial charge is 0.296 e. The van der Waals surface area contributed by atoms with Crippen LogP contribution in [-0.4, -0.2) is 31.2 Å². The monoisotopic (exact) mass is 267 g/mol. The van der Waals surface area contributed by atoms with Crippen molar-refractivity contribution >= 4 is 11.4 Å². The zero-order chi connectivity index (χ0) is 14.0. The molecule has 1 saturated carbocycles. The van der Waals surface area contributed by atoms with Crippen molar-refractivity contribution in [2.24, 2.45) is 5.73 Å². The number of nitro groups is 1. The van der Waals surface area contributed by atoms with Gasteiger partial charge in [-0.05, 0) is 12.8 Å². The van der Waals surface area contributed by atoms with E-state index in [1.165, 1.54) is 20.3 Å². The highest BCUT2D eigenvalue weighted by Crippen LogP contribution is 2.39. The van der Waals surface area contributed by atoms with E-state index in [1.807, 2.05) is 0 Å². The summed E-state index contributed by atoms with van der Waals surface area (Å²) in [5.74, 6) is 0.796. The number of nitrogens with one attached hydrogen (secondary N) is 1. The molecule has 0 atom stereocenters. The molecule has 7 nitrogen and oxygen atoms in total. The predicted octanol–water partition coefficient (Wildman–Crippen LogP) is 1.51. The fourth-order valence-electron chi connectivity index (χ4n) is 2.13. The molecule has 0 aliphatic heterocycles. The zero-order valence-corrected chi connectivity index (χ0v) is 10.9. The molecule has 104 valence electrons. The Morgan fingerprint density at radius 1 is 1.32 bits per heavy atom. The van der Waals surface area contributed by atoms with E-state index in [4.69, 9.17) is 15.2 Å². The molecule has 1 aliphatic carbocycles. The second-order valence-corrected chi connectivity index (χ2v) is 4.55. The lowest BCUT2D eigenvalue weighted by molar-refractivity contribution is -0.384. The van der Waals surface area contributed by atoms with Gasteiger partial charge >= 0.3 is 0 Å². The van der Waals surface area contributed by atoms with Gasteiger partial charge < -0.3 is 20.5 Å². The van der Waals surface area contributed by atoms with Crippen LogP contribution in [0.3, 0.4) is 0 Å². The first-order valence-corrected chi connectivity index (χ1v) is 5.97. The Hall–Kier alpha value is -2.02. The van der Waals surface area contributed by atoms with E-state index in [1.54, 1.807) is 6.07 Å². The molecular weight excluding hydrogens is 250 g/mol. The summed E-state index contributed by atoms with van der Waals surface area (Å²) in [4.78, 5) is 10.6. The van der Waals surface area contributed by atoms with Crippen LogP contribution in [0.25, 0.3) is 0 Å². The first-order chi connectivity index (χ1) is 9.05. The topological polar surface area (TPSA) is 99.7 Å². The Labute approximate surface area is 110 Å². The number of nitrogens with two attached hydrogens (primary N) is 1. The average molecular weight is 267 g/mol. The predicted molar refractivity (Wildman–Crippen MR) is 70.8 cm³/mol. The molecule has 1 aromatic carbocycles. The van der Waals surface area contributed by atoms with Crippen LogP contribution in [0.2, 0.25) is 0 Å². The van der Waals surface area contributed by atoms with Gasteiger partial charge in [0.1, 0.15) is 5.69 Å². The van der Waals surface area contributed by atoms with Gasteiger partial charge in [0.15, 0.2) is 11.5 Å². The maximum atomic E-state index is 11.1. The number of anilines is 1. The van der Waals surface area contributed by atoms with Crippen molar-refractivity contribution in [3.63, 3.8) is 0 Å². The third-order valence-corrected chi connectivity index (χ3v) is 3.23. The fourth-order valence-corrected chi connectivity index (χ4v) is 2.13. The number of ether oxygens (including phenoxy) is 2. The summed E-state index contributed by atoms with van der Waals surface area (Å²) in [5, 5.41) is 14.2. The SMILES string of the molecule is COc1cc(NC2CC(N)C2)c([N+](=O)[O-])cc1OC. The molecule has 3 N–H and O–H groups in total. The van der Waals surface area contributed by atoms with Crippen molar-refractivity contribution in [2.75, 3.05) is 19.5 Å². The average Bonchev–Trinajstić information content (AvgIpc) is 2.35. The van der Waals surface area contributed by atoms with E-state index in [2.05, 4.69) is 5.32 Å². The molecule has 1 aromatic rings. The largest absolute Gasteiger partial charge is 0.493 e. The van der Waals surface area contributed by atoms with Crippen molar-refractivity contribution in [2.45, 2.75) is 24.9 Å². The Bertz CT molecular complexity index is 486. The van der Waals surface area contributed by atoms with Crippen molar-refractivity contribution in [3.05, 3.63) is 22.2 Å². The summed E-state index contributed by atoms with van der Waals surface area (Å²) >= 11 is 0. The standard InChI is InChI=1S/C12H17N3O4/c1-18-11-5-9(14-8-3-7(13)4-8)10(15(16)17)6-12(11)19-2/h5-8,14H,3-4,13H2,1-2H3. The number of rotatable bonds is 5. The quantitative estimate of drug-likeness (QED) is 0.619. The zero-order valence-electron chi connectivity index (χ0n) is 10.9. The molecule has 1 fully saturated rings. The Morgan fingerprint density at radius 2 is 1.89 bits per heavy atom. The maximum absolute atomic E-state index is 11.1. The van der Waals surface area contributed by atoms with Gasteiger partial charge in [-0.25, -0.2) is 0 Å². The number of nitrogens with zero attached hydrogens (tertiary/aromatic N) is 1. The highest BCUT2D eigenvalue weighted by molar-refractivity contribution is 5.69. The second-order valence-electron chi connectivity index (χ2n) is 4.55. The van der Waals surface area contributed by atoms with E-state index in [0.29, 0.717) is 17.2 Å². The maximum Gasteiger partial charge on any atom is 0.296 e. The summed E-state index contributed by atoms with van der Waals surface area (Å²) in [6, 6.07) is 3.30. The minimum absolute atomic E-state index is 0.0295. The molecule has 0 heterocycles. The molecule has 19 heavy (non-hydrogen) atoms. The van der Waals surface area contributed by atoms with E-state index in [9.17, 15) is 10.1 Å². The summed E-state index contributed by atoms with van der Waals surface area (Å²) in [5.41, 5.74) is 6.10. The minimum atomic E-state index is -0.442. The van der Waals surface area contributed by atoms with Crippen molar-refractivity contribution < 1.29 is 14.4 Å². The third kappa shape index (κ3) is 2.70. The van der Waals surface area contributed by atoms with E-state index in [-0.39, 0.29) is 17.8 Å². The van der Waals surface area contributed by atoms with Crippen LogP contribution in [0, 0.1) is 10.1 Å². The molecular formula is C12H17N3O4. The van der Waals surface area contributed by atoms with Gasteiger partial charge in [0.25, 0.3) is 5.69 Å². The molecule has 1 aliphatic rings. The summed E-state index contributed by atoms with van der Waals surface area (Å²) in [6.07, 6.45) is 1.62. The molecule has 0 bridgehead atoms. The molecule has 0 amide bonds. The van der Waals surface area contributed by atoms with Gasteiger partial charge in [-0.1, -0.05) is 0 Å². The van der Waals surface area contributed by atoms with Gasteiger partial charge in [0.2, 0.25) is 0 Å². The first kappa shape index (κ1) is 13.4. The summed E-state index contributed by atoms with van der Waals surface area (Å²) in [6.45, 7) is 0. The fraction of sp³-hybridized carbons (Fsp3) is 0.500. The number of nitro benzene ring substituents is 1. The van der Waals surface area contributed by atoms with Crippen LogP contribution in [0.1, 0.15) is 12.8 Å². The Balaban J connectivity index is 2.31. The summed E-state index contributed by atoms with van der Waals surface area (Å²) in [7, 11) is 2.94. The lowest BCUT2D eigenvalue weighted by atomic mass is 9.87. The highest BCUT2D eigenvalue weighted by atomic mass is 16.6. The first-order valence-electron chi connectivity index (χ1n) is 5.97. The molecule has 0 radical (unpaired) electrons. The lowest BCUT2D eigenvalue weighted by Gasteiger charge is -2.33. The van der Waals surface area contributed by atoms with Crippen LogP contribution < -0.4 is 20.5 Å². The highest BCUT2D eigenvalue weighted by Gasteiger charge is 2.28. The number of benzene rings is 1. The molecule has 0 saturated heterocycles. The van der Waals surface area contributed by atoms with E-state index in [0.717, 1.165) is 12.8 Å². The van der Waals surface area contributed by atoms with Gasteiger partial charge in [-0.15, -0.1) is 0 Å². The van der Waals surface area contributed by atoms with Crippen molar-refractivity contribution in [1.29, 1.82) is 0 Å². The van der Waals surface area contributed by atoms with Crippen LogP contribution >= 0.6 is 0 Å². The number of hydrogen-bond donors (Lipinski definition) is 2.